The summed E-state index contributed by atoms with van der Waals surface area (Å²) in [6, 6.07) is 19.1. The average Bonchev–Trinajstić information content (AvgIpc) is 3.13. The zero-order valence-corrected chi connectivity index (χ0v) is 11.8. The van der Waals surface area contributed by atoms with E-state index >= 15 is 0 Å². The molecule has 1 aromatic heterocycles. The highest BCUT2D eigenvalue weighted by Crippen LogP contribution is 2.19. The quantitative estimate of drug-likeness (QED) is 0.696. The number of carbonyl (C=O) groups excluding carboxylic acids is 1. The number of aliphatic imine (C=N–C) groups is 1. The van der Waals surface area contributed by atoms with Crippen LogP contribution in [-0.4, -0.2) is 22.5 Å². The third kappa shape index (κ3) is 2.19. The van der Waals surface area contributed by atoms with Gasteiger partial charge in [-0.25, -0.2) is 9.79 Å². The van der Waals surface area contributed by atoms with Crippen molar-refractivity contribution in [3.63, 3.8) is 0 Å². The van der Waals surface area contributed by atoms with E-state index < -0.39 is 6.04 Å². The molecule has 0 amide bonds. The lowest BCUT2D eigenvalue weighted by atomic mass is 10.2. The standard InChI is InChI=1S/C18H14N2O2/c21-18-15(19-17(22-18)14-7-2-1-3-8-14)12-20-11-10-13-6-4-5-9-16(13)20/h1-11,15H,12H2. The van der Waals surface area contributed by atoms with Gasteiger partial charge in [0.15, 0.2) is 6.04 Å². The molecule has 0 spiro atoms. The van der Waals surface area contributed by atoms with Gasteiger partial charge in [0, 0.05) is 17.3 Å². The van der Waals surface area contributed by atoms with Crippen LogP contribution in [0.25, 0.3) is 10.9 Å². The Balaban J connectivity index is 1.63. The molecule has 22 heavy (non-hydrogen) atoms. The Morgan fingerprint density at radius 3 is 2.64 bits per heavy atom. The summed E-state index contributed by atoms with van der Waals surface area (Å²) in [5.74, 6) is 0.115. The molecule has 0 radical (unpaired) electrons. The SMILES string of the molecule is O=C1OC(c2ccccc2)=NC1Cn1ccc2ccccc21. The van der Waals surface area contributed by atoms with E-state index in [1.54, 1.807) is 0 Å². The van der Waals surface area contributed by atoms with Crippen LogP contribution in [0.5, 0.6) is 0 Å². The fourth-order valence-electron chi connectivity index (χ4n) is 2.70. The van der Waals surface area contributed by atoms with E-state index in [2.05, 4.69) is 11.1 Å². The second-order valence-electron chi connectivity index (χ2n) is 5.26. The van der Waals surface area contributed by atoms with E-state index in [4.69, 9.17) is 4.74 Å². The summed E-state index contributed by atoms with van der Waals surface area (Å²) in [7, 11) is 0. The number of benzene rings is 2. The molecule has 4 nitrogen and oxygen atoms in total. The Morgan fingerprint density at radius 2 is 1.77 bits per heavy atom. The number of rotatable bonds is 3. The van der Waals surface area contributed by atoms with Crippen molar-refractivity contribution in [2.45, 2.75) is 12.6 Å². The second kappa shape index (κ2) is 5.15. The van der Waals surface area contributed by atoms with Gasteiger partial charge in [0.05, 0.1) is 6.54 Å². The molecule has 1 aliphatic heterocycles. The number of carbonyl (C=O) groups is 1. The van der Waals surface area contributed by atoms with E-state index in [0.717, 1.165) is 16.5 Å². The van der Waals surface area contributed by atoms with Gasteiger partial charge in [0.1, 0.15) is 0 Å². The van der Waals surface area contributed by atoms with E-state index in [-0.39, 0.29) is 5.97 Å². The first-order valence-electron chi connectivity index (χ1n) is 7.20. The fourth-order valence-corrected chi connectivity index (χ4v) is 2.70. The number of cyclic esters (lactones) is 1. The predicted octanol–water partition coefficient (Wildman–Crippen LogP) is 3.01. The number of esters is 1. The van der Waals surface area contributed by atoms with Crippen molar-refractivity contribution in [2.24, 2.45) is 4.99 Å². The molecule has 0 saturated heterocycles. The summed E-state index contributed by atoms with van der Waals surface area (Å²) in [6.07, 6.45) is 1.98. The molecular formula is C18H14N2O2. The van der Waals surface area contributed by atoms with Gasteiger partial charge in [-0.05, 0) is 29.7 Å². The molecule has 0 bridgehead atoms. The molecule has 0 N–H and O–H groups in total. The highest BCUT2D eigenvalue weighted by Gasteiger charge is 2.30. The first-order valence-corrected chi connectivity index (χ1v) is 7.20. The minimum atomic E-state index is -0.494. The summed E-state index contributed by atoms with van der Waals surface area (Å²) in [6.45, 7) is 0.489. The molecule has 4 heteroatoms. The number of aromatic nitrogens is 1. The van der Waals surface area contributed by atoms with Gasteiger partial charge < -0.3 is 9.30 Å². The predicted molar refractivity (Wildman–Crippen MR) is 84.8 cm³/mol. The summed E-state index contributed by atoms with van der Waals surface area (Å²) < 4.78 is 7.36. The average molecular weight is 290 g/mol. The molecule has 3 aromatic rings. The third-order valence-corrected chi connectivity index (χ3v) is 3.81. The van der Waals surface area contributed by atoms with Gasteiger partial charge in [0.2, 0.25) is 5.90 Å². The van der Waals surface area contributed by atoms with Crippen molar-refractivity contribution in [2.75, 3.05) is 0 Å². The van der Waals surface area contributed by atoms with Gasteiger partial charge in [-0.2, -0.15) is 0 Å². The zero-order chi connectivity index (χ0) is 14.9. The van der Waals surface area contributed by atoms with Crippen LogP contribution in [0.3, 0.4) is 0 Å². The van der Waals surface area contributed by atoms with Gasteiger partial charge >= 0.3 is 5.97 Å². The topological polar surface area (TPSA) is 43.6 Å². The van der Waals surface area contributed by atoms with Gasteiger partial charge in [-0.1, -0.05) is 36.4 Å². The lowest BCUT2D eigenvalue weighted by Crippen LogP contribution is -2.21. The van der Waals surface area contributed by atoms with Crippen molar-refractivity contribution in [1.29, 1.82) is 0 Å². The number of nitrogens with zero attached hydrogens (tertiary/aromatic N) is 2. The molecule has 4 rings (SSSR count). The van der Waals surface area contributed by atoms with Gasteiger partial charge in [0.25, 0.3) is 0 Å². The lowest BCUT2D eigenvalue weighted by Gasteiger charge is -2.06. The minimum Gasteiger partial charge on any atom is -0.406 e. The van der Waals surface area contributed by atoms with Crippen molar-refractivity contribution < 1.29 is 9.53 Å². The molecule has 0 aliphatic carbocycles. The van der Waals surface area contributed by atoms with Crippen LogP contribution in [0.15, 0.2) is 71.9 Å². The molecule has 0 saturated carbocycles. The van der Waals surface area contributed by atoms with E-state index in [1.807, 2.05) is 65.4 Å². The molecule has 1 unspecified atom stereocenters. The molecule has 2 aromatic carbocycles. The van der Waals surface area contributed by atoms with Crippen molar-refractivity contribution >= 4 is 22.8 Å². The largest absolute Gasteiger partial charge is 0.406 e. The van der Waals surface area contributed by atoms with Crippen molar-refractivity contribution in [3.05, 3.63) is 72.4 Å². The maximum absolute atomic E-state index is 12.1. The van der Waals surface area contributed by atoms with Gasteiger partial charge in [-0.3, -0.25) is 0 Å². The summed E-state index contributed by atoms with van der Waals surface area (Å²) in [4.78, 5) is 16.5. The molecule has 1 atom stereocenters. The third-order valence-electron chi connectivity index (χ3n) is 3.81. The van der Waals surface area contributed by atoms with Crippen LogP contribution >= 0.6 is 0 Å². The molecule has 0 fully saturated rings. The zero-order valence-electron chi connectivity index (χ0n) is 11.8. The van der Waals surface area contributed by atoms with Crippen molar-refractivity contribution in [1.82, 2.24) is 4.57 Å². The van der Waals surface area contributed by atoms with Crippen LogP contribution < -0.4 is 0 Å². The highest BCUT2D eigenvalue weighted by molar-refractivity contribution is 6.06. The normalized spacial score (nSPS) is 17.5. The Hall–Kier alpha value is -2.88. The van der Waals surface area contributed by atoms with E-state index in [0.29, 0.717) is 12.4 Å². The van der Waals surface area contributed by atoms with Crippen molar-refractivity contribution in [3.8, 4) is 0 Å². The number of hydrogen-bond acceptors (Lipinski definition) is 3. The number of para-hydroxylation sites is 1. The fraction of sp³-hybridized carbons (Fsp3) is 0.111. The monoisotopic (exact) mass is 290 g/mol. The second-order valence-corrected chi connectivity index (χ2v) is 5.26. The molecule has 2 heterocycles. The molecule has 1 aliphatic rings. The Bertz CT molecular complexity index is 865. The molecular weight excluding hydrogens is 276 g/mol. The number of ether oxygens (including phenoxy) is 1. The Morgan fingerprint density at radius 1 is 1.00 bits per heavy atom. The van der Waals surface area contributed by atoms with Gasteiger partial charge in [-0.15, -0.1) is 0 Å². The van der Waals surface area contributed by atoms with Crippen LogP contribution in [0.2, 0.25) is 0 Å². The summed E-state index contributed by atoms with van der Waals surface area (Å²) in [5.41, 5.74) is 1.93. The molecule has 108 valence electrons. The smallest absolute Gasteiger partial charge is 0.339 e. The van der Waals surface area contributed by atoms with Crippen LogP contribution in [0.4, 0.5) is 0 Å². The Kier molecular flexibility index (Phi) is 3.00. The lowest BCUT2D eigenvalue weighted by molar-refractivity contribution is -0.135. The Labute approximate surface area is 127 Å². The maximum Gasteiger partial charge on any atom is 0.339 e. The first kappa shape index (κ1) is 12.8. The van der Waals surface area contributed by atoms with Crippen LogP contribution in [-0.2, 0) is 16.1 Å². The summed E-state index contributed by atoms with van der Waals surface area (Å²) >= 11 is 0. The van der Waals surface area contributed by atoms with E-state index in [1.165, 1.54) is 0 Å². The summed E-state index contributed by atoms with van der Waals surface area (Å²) in [5, 5.41) is 1.15. The van der Waals surface area contributed by atoms with E-state index in [9.17, 15) is 4.79 Å². The highest BCUT2D eigenvalue weighted by atomic mass is 16.6. The number of hydrogen-bond donors (Lipinski definition) is 0. The first-order chi connectivity index (χ1) is 10.8. The number of fused-ring (bicyclic) bond motifs is 1. The van der Waals surface area contributed by atoms with Crippen LogP contribution in [0.1, 0.15) is 5.56 Å². The minimum absolute atomic E-state index is 0.295. The maximum atomic E-state index is 12.1. The van der Waals surface area contributed by atoms with Crippen LogP contribution in [0, 0.1) is 0 Å².